The molecule has 0 radical (unpaired) electrons. The fraction of sp³-hybridized carbons (Fsp3) is 0.417. The summed E-state index contributed by atoms with van der Waals surface area (Å²) in [5.74, 6) is -0.0806. The Kier molecular flexibility index (Phi) is 7.50. The van der Waals surface area contributed by atoms with E-state index in [-0.39, 0.29) is 5.91 Å². The topological polar surface area (TPSA) is 50.4 Å². The first-order chi connectivity index (χ1) is 8.65. The van der Waals surface area contributed by atoms with Gasteiger partial charge in [-0.2, -0.15) is 0 Å². The number of hydrogen-bond donors (Lipinski definition) is 2. The average Bonchev–Trinajstić information content (AvgIpc) is 2.33. The summed E-state index contributed by atoms with van der Waals surface area (Å²) in [5, 5.41) is 6.01. The molecule has 1 aromatic rings. The van der Waals surface area contributed by atoms with Crippen LogP contribution in [0.25, 0.3) is 0 Å². The van der Waals surface area contributed by atoms with Gasteiger partial charge < -0.3 is 15.4 Å². The van der Waals surface area contributed by atoms with E-state index in [1.165, 1.54) is 0 Å². The molecular formula is C12H16Br2N2O2. The summed E-state index contributed by atoms with van der Waals surface area (Å²) < 4.78 is 6.62. The number of carbonyl (C=O) groups excluding carboxylic acids is 1. The van der Waals surface area contributed by atoms with E-state index in [4.69, 9.17) is 4.74 Å². The predicted octanol–water partition coefficient (Wildman–Crippen LogP) is 2.18. The summed E-state index contributed by atoms with van der Waals surface area (Å²) in [4.78, 5) is 11.9. The summed E-state index contributed by atoms with van der Waals surface area (Å²) in [6.07, 6.45) is 0. The Hall–Kier alpha value is -0.430. The smallest absolute Gasteiger partial charge is 0.252 e. The molecule has 100 valence electrons. The molecule has 18 heavy (non-hydrogen) atoms. The van der Waals surface area contributed by atoms with Gasteiger partial charge in [-0.25, -0.2) is 0 Å². The lowest BCUT2D eigenvalue weighted by atomic mass is 10.2. The molecule has 2 N–H and O–H groups in total. The molecule has 0 spiro atoms. The zero-order chi connectivity index (χ0) is 13.4. The molecule has 0 bridgehead atoms. The normalized spacial score (nSPS) is 10.4. The fourth-order valence-corrected chi connectivity index (χ4v) is 2.56. The third-order valence-corrected chi connectivity index (χ3v) is 3.40. The van der Waals surface area contributed by atoms with Crippen molar-refractivity contribution in [2.45, 2.75) is 0 Å². The van der Waals surface area contributed by atoms with Crippen LogP contribution in [0.2, 0.25) is 0 Å². The van der Waals surface area contributed by atoms with E-state index in [1.54, 1.807) is 13.2 Å². The van der Waals surface area contributed by atoms with E-state index in [0.717, 1.165) is 22.0 Å². The van der Waals surface area contributed by atoms with Gasteiger partial charge in [0.15, 0.2) is 0 Å². The number of halogens is 2. The molecule has 0 aromatic heterocycles. The number of nitrogens with one attached hydrogen (secondary N) is 2. The predicted molar refractivity (Wildman–Crippen MR) is 78.9 cm³/mol. The first-order valence-corrected chi connectivity index (χ1v) is 7.16. The van der Waals surface area contributed by atoms with Gasteiger partial charge in [-0.05, 0) is 34.1 Å². The van der Waals surface area contributed by atoms with Crippen LogP contribution in [-0.2, 0) is 4.74 Å². The van der Waals surface area contributed by atoms with Gasteiger partial charge in [0.1, 0.15) is 0 Å². The third-order valence-electron chi connectivity index (χ3n) is 2.25. The van der Waals surface area contributed by atoms with E-state index in [2.05, 4.69) is 42.5 Å². The lowest BCUT2D eigenvalue weighted by molar-refractivity contribution is 0.0953. The molecule has 0 saturated heterocycles. The first-order valence-electron chi connectivity index (χ1n) is 5.58. The van der Waals surface area contributed by atoms with Crippen molar-refractivity contribution in [3.63, 3.8) is 0 Å². The molecule has 0 atom stereocenters. The molecule has 0 unspecified atom stereocenters. The molecule has 0 aliphatic rings. The minimum atomic E-state index is -0.0806. The highest BCUT2D eigenvalue weighted by Gasteiger charge is 2.09. The Morgan fingerprint density at radius 1 is 1.28 bits per heavy atom. The molecule has 0 heterocycles. The lowest BCUT2D eigenvalue weighted by Crippen LogP contribution is -2.33. The summed E-state index contributed by atoms with van der Waals surface area (Å²) in [6, 6.07) is 5.48. The Morgan fingerprint density at radius 2 is 2.06 bits per heavy atom. The van der Waals surface area contributed by atoms with Crippen molar-refractivity contribution in [1.29, 1.82) is 0 Å². The van der Waals surface area contributed by atoms with Crippen LogP contribution < -0.4 is 10.6 Å². The maximum Gasteiger partial charge on any atom is 0.252 e. The van der Waals surface area contributed by atoms with Crippen molar-refractivity contribution in [2.75, 3.05) is 33.4 Å². The van der Waals surface area contributed by atoms with E-state index >= 15 is 0 Å². The van der Waals surface area contributed by atoms with Gasteiger partial charge in [0.25, 0.3) is 5.91 Å². The van der Waals surface area contributed by atoms with E-state index in [0.29, 0.717) is 18.7 Å². The number of carbonyl (C=O) groups is 1. The molecule has 4 nitrogen and oxygen atoms in total. The summed E-state index contributed by atoms with van der Waals surface area (Å²) in [7, 11) is 1.66. The van der Waals surface area contributed by atoms with Crippen molar-refractivity contribution in [2.24, 2.45) is 0 Å². The largest absolute Gasteiger partial charge is 0.383 e. The van der Waals surface area contributed by atoms with Crippen LogP contribution in [0.15, 0.2) is 27.1 Å². The van der Waals surface area contributed by atoms with E-state index in [9.17, 15) is 4.79 Å². The Bertz CT molecular complexity index is 400. The Balaban J connectivity index is 2.32. The SMILES string of the molecule is COCCNCCNC(=O)c1ccc(Br)cc1Br. The number of benzene rings is 1. The number of amides is 1. The van der Waals surface area contributed by atoms with Gasteiger partial charge in [0, 0.05) is 35.7 Å². The molecular weight excluding hydrogens is 364 g/mol. The van der Waals surface area contributed by atoms with Gasteiger partial charge in [-0.1, -0.05) is 15.9 Å². The molecule has 6 heteroatoms. The van der Waals surface area contributed by atoms with Crippen LogP contribution in [0.1, 0.15) is 10.4 Å². The minimum absolute atomic E-state index is 0.0806. The second-order valence-electron chi connectivity index (χ2n) is 3.62. The van der Waals surface area contributed by atoms with E-state index in [1.807, 2.05) is 12.1 Å². The number of rotatable bonds is 7. The molecule has 1 rings (SSSR count). The van der Waals surface area contributed by atoms with Gasteiger partial charge >= 0.3 is 0 Å². The second-order valence-corrected chi connectivity index (χ2v) is 5.39. The molecule has 1 amide bonds. The van der Waals surface area contributed by atoms with Crippen molar-refractivity contribution in [1.82, 2.24) is 10.6 Å². The van der Waals surface area contributed by atoms with E-state index < -0.39 is 0 Å². The van der Waals surface area contributed by atoms with Crippen LogP contribution in [-0.4, -0.2) is 39.3 Å². The summed E-state index contributed by atoms with van der Waals surface area (Å²) in [5.41, 5.74) is 0.634. The van der Waals surface area contributed by atoms with Crippen LogP contribution in [0.3, 0.4) is 0 Å². The molecule has 0 aliphatic carbocycles. The highest BCUT2D eigenvalue weighted by molar-refractivity contribution is 9.11. The van der Waals surface area contributed by atoms with Crippen molar-refractivity contribution >= 4 is 37.8 Å². The lowest BCUT2D eigenvalue weighted by Gasteiger charge is -2.08. The minimum Gasteiger partial charge on any atom is -0.383 e. The van der Waals surface area contributed by atoms with Crippen LogP contribution in [0, 0.1) is 0 Å². The summed E-state index contributed by atoms with van der Waals surface area (Å²) >= 11 is 6.72. The monoisotopic (exact) mass is 378 g/mol. The third kappa shape index (κ3) is 5.48. The first kappa shape index (κ1) is 15.6. The average molecular weight is 380 g/mol. The highest BCUT2D eigenvalue weighted by atomic mass is 79.9. The Morgan fingerprint density at radius 3 is 2.72 bits per heavy atom. The zero-order valence-electron chi connectivity index (χ0n) is 10.1. The van der Waals surface area contributed by atoms with Gasteiger partial charge in [-0.3, -0.25) is 4.79 Å². The second kappa shape index (κ2) is 8.63. The quantitative estimate of drug-likeness (QED) is 0.714. The maximum absolute atomic E-state index is 11.9. The van der Waals surface area contributed by atoms with Gasteiger partial charge in [0.05, 0.1) is 12.2 Å². The van der Waals surface area contributed by atoms with Crippen LogP contribution in [0.4, 0.5) is 0 Å². The zero-order valence-corrected chi connectivity index (χ0v) is 13.3. The van der Waals surface area contributed by atoms with Crippen LogP contribution >= 0.6 is 31.9 Å². The summed E-state index contributed by atoms with van der Waals surface area (Å²) in [6.45, 7) is 2.77. The van der Waals surface area contributed by atoms with Crippen molar-refractivity contribution in [3.05, 3.63) is 32.7 Å². The van der Waals surface area contributed by atoms with Crippen molar-refractivity contribution in [3.8, 4) is 0 Å². The number of hydrogen-bond acceptors (Lipinski definition) is 3. The van der Waals surface area contributed by atoms with Crippen molar-refractivity contribution < 1.29 is 9.53 Å². The maximum atomic E-state index is 11.9. The molecule has 1 aromatic carbocycles. The van der Waals surface area contributed by atoms with Crippen LogP contribution in [0.5, 0.6) is 0 Å². The number of methoxy groups -OCH3 is 1. The molecule has 0 fully saturated rings. The van der Waals surface area contributed by atoms with Gasteiger partial charge in [0.2, 0.25) is 0 Å². The molecule has 0 aliphatic heterocycles. The standard InChI is InChI=1S/C12H16Br2N2O2/c1-18-7-6-15-4-5-16-12(17)10-3-2-9(13)8-11(10)14/h2-3,8,15H,4-7H2,1H3,(H,16,17). The van der Waals surface area contributed by atoms with Gasteiger partial charge in [-0.15, -0.1) is 0 Å². The molecule has 0 saturated carbocycles. The Labute approximate surface area is 124 Å². The fourth-order valence-electron chi connectivity index (χ4n) is 1.33. The highest BCUT2D eigenvalue weighted by Crippen LogP contribution is 2.21. The number of ether oxygens (including phenoxy) is 1.